The monoisotopic (exact) mass is 157 g/mol. The minimum atomic E-state index is -1.27. The zero-order chi connectivity index (χ0) is 8.91. The van der Waals surface area contributed by atoms with Crippen molar-refractivity contribution in [1.29, 1.82) is 0 Å². The standard InChI is InChI=1S/C8H15NO2/c1-4-6-8(11,5-2)7(10)9-3/h4,11H,1,5-6H2,2-3H3,(H,9,10)/t8-/m1/s1. The highest BCUT2D eigenvalue weighted by Crippen LogP contribution is 2.14. The molecule has 0 aliphatic carbocycles. The van der Waals surface area contributed by atoms with Crippen molar-refractivity contribution in [3.05, 3.63) is 12.7 Å². The maximum Gasteiger partial charge on any atom is 0.252 e. The lowest BCUT2D eigenvalue weighted by atomic mass is 9.96. The number of hydrogen-bond acceptors (Lipinski definition) is 2. The van der Waals surface area contributed by atoms with Crippen molar-refractivity contribution in [2.24, 2.45) is 0 Å². The van der Waals surface area contributed by atoms with Crippen LogP contribution in [0.5, 0.6) is 0 Å². The molecule has 0 radical (unpaired) electrons. The smallest absolute Gasteiger partial charge is 0.252 e. The predicted octanol–water partition coefficient (Wildman–Crippen LogP) is 0.450. The molecule has 1 amide bonds. The molecule has 64 valence electrons. The van der Waals surface area contributed by atoms with Crippen molar-refractivity contribution >= 4 is 5.91 Å². The lowest BCUT2D eigenvalue weighted by Crippen LogP contribution is -2.44. The average molecular weight is 157 g/mol. The van der Waals surface area contributed by atoms with Crippen molar-refractivity contribution in [1.82, 2.24) is 5.32 Å². The first-order chi connectivity index (χ1) is 5.10. The number of rotatable bonds is 4. The molecule has 0 saturated carbocycles. The maximum absolute atomic E-state index is 11.0. The van der Waals surface area contributed by atoms with Crippen LogP contribution in [0.15, 0.2) is 12.7 Å². The van der Waals surface area contributed by atoms with Gasteiger partial charge in [0.05, 0.1) is 0 Å². The van der Waals surface area contributed by atoms with Crippen molar-refractivity contribution in [2.45, 2.75) is 25.4 Å². The largest absolute Gasteiger partial charge is 0.380 e. The molecule has 1 atom stereocenters. The van der Waals surface area contributed by atoms with Gasteiger partial charge in [0.25, 0.3) is 5.91 Å². The van der Waals surface area contributed by atoms with E-state index >= 15 is 0 Å². The van der Waals surface area contributed by atoms with E-state index in [2.05, 4.69) is 11.9 Å². The first-order valence-corrected chi connectivity index (χ1v) is 3.66. The van der Waals surface area contributed by atoms with Gasteiger partial charge < -0.3 is 10.4 Å². The molecule has 11 heavy (non-hydrogen) atoms. The summed E-state index contributed by atoms with van der Waals surface area (Å²) in [7, 11) is 1.51. The SMILES string of the molecule is C=CC[C@](O)(CC)C(=O)NC. The molecule has 0 unspecified atom stereocenters. The molecule has 0 bridgehead atoms. The summed E-state index contributed by atoms with van der Waals surface area (Å²) in [5.74, 6) is -0.347. The fourth-order valence-corrected chi connectivity index (χ4v) is 0.869. The van der Waals surface area contributed by atoms with Crippen LogP contribution in [0.4, 0.5) is 0 Å². The molecule has 2 N–H and O–H groups in total. The summed E-state index contributed by atoms with van der Waals surface area (Å²) in [5, 5.41) is 12.0. The number of carbonyl (C=O) groups is 1. The quantitative estimate of drug-likeness (QED) is 0.582. The molecule has 0 aromatic rings. The van der Waals surface area contributed by atoms with Gasteiger partial charge in [-0.25, -0.2) is 0 Å². The molecule has 3 nitrogen and oxygen atoms in total. The van der Waals surface area contributed by atoms with Gasteiger partial charge >= 0.3 is 0 Å². The summed E-state index contributed by atoms with van der Waals surface area (Å²) in [4.78, 5) is 11.0. The van der Waals surface area contributed by atoms with E-state index in [1.54, 1.807) is 13.0 Å². The fraction of sp³-hybridized carbons (Fsp3) is 0.625. The van der Waals surface area contributed by atoms with Gasteiger partial charge in [-0.15, -0.1) is 6.58 Å². The summed E-state index contributed by atoms with van der Waals surface area (Å²) in [6, 6.07) is 0. The van der Waals surface area contributed by atoms with Crippen LogP contribution in [0.2, 0.25) is 0 Å². The van der Waals surface area contributed by atoms with E-state index in [-0.39, 0.29) is 5.91 Å². The lowest BCUT2D eigenvalue weighted by Gasteiger charge is -2.22. The van der Waals surface area contributed by atoms with Gasteiger partial charge in [0, 0.05) is 13.5 Å². The second-order valence-electron chi connectivity index (χ2n) is 2.46. The van der Waals surface area contributed by atoms with Crippen LogP contribution >= 0.6 is 0 Å². The topological polar surface area (TPSA) is 49.3 Å². The highest BCUT2D eigenvalue weighted by Gasteiger charge is 2.31. The van der Waals surface area contributed by atoms with Crippen LogP contribution < -0.4 is 5.32 Å². The van der Waals surface area contributed by atoms with Crippen molar-refractivity contribution in [3.8, 4) is 0 Å². The maximum atomic E-state index is 11.0. The zero-order valence-electron chi connectivity index (χ0n) is 7.05. The molecule has 0 fully saturated rings. The normalized spacial score (nSPS) is 15.2. The van der Waals surface area contributed by atoms with Crippen LogP contribution in [0.3, 0.4) is 0 Å². The van der Waals surface area contributed by atoms with Gasteiger partial charge in [-0.3, -0.25) is 4.79 Å². The number of carbonyl (C=O) groups excluding carboxylic acids is 1. The van der Waals surface area contributed by atoms with E-state index in [9.17, 15) is 9.90 Å². The molecule has 0 aliphatic heterocycles. The van der Waals surface area contributed by atoms with E-state index in [1.165, 1.54) is 7.05 Å². The Balaban J connectivity index is 4.31. The molecule has 0 spiro atoms. The Morgan fingerprint density at radius 3 is 2.64 bits per heavy atom. The lowest BCUT2D eigenvalue weighted by molar-refractivity contribution is -0.139. The first kappa shape index (κ1) is 10.2. The molecule has 3 heteroatoms. The molecular weight excluding hydrogens is 142 g/mol. The van der Waals surface area contributed by atoms with Crippen LogP contribution in [0.1, 0.15) is 19.8 Å². The summed E-state index contributed by atoms with van der Waals surface area (Å²) in [5.41, 5.74) is -1.27. The molecule has 0 aromatic heterocycles. The number of hydrogen-bond donors (Lipinski definition) is 2. The molecule has 0 rings (SSSR count). The summed E-state index contributed by atoms with van der Waals surface area (Å²) < 4.78 is 0. The van der Waals surface area contributed by atoms with E-state index in [1.807, 2.05) is 0 Å². The molecular formula is C8H15NO2. The van der Waals surface area contributed by atoms with Gasteiger partial charge in [0.1, 0.15) is 5.60 Å². The highest BCUT2D eigenvalue weighted by atomic mass is 16.3. The van der Waals surface area contributed by atoms with Crippen molar-refractivity contribution in [3.63, 3.8) is 0 Å². The van der Waals surface area contributed by atoms with Gasteiger partial charge in [0.15, 0.2) is 0 Å². The molecule has 0 aliphatic rings. The number of aliphatic hydroxyl groups is 1. The van der Waals surface area contributed by atoms with Crippen molar-refractivity contribution < 1.29 is 9.90 Å². The Labute approximate surface area is 67.1 Å². The van der Waals surface area contributed by atoms with Gasteiger partial charge in [-0.1, -0.05) is 13.0 Å². The Morgan fingerprint density at radius 1 is 1.82 bits per heavy atom. The average Bonchev–Trinajstić information content (AvgIpc) is 2.03. The van der Waals surface area contributed by atoms with E-state index in [0.29, 0.717) is 12.8 Å². The molecule has 0 aromatic carbocycles. The van der Waals surface area contributed by atoms with Crippen molar-refractivity contribution in [2.75, 3.05) is 7.05 Å². The third kappa shape index (κ3) is 2.35. The summed E-state index contributed by atoms with van der Waals surface area (Å²) >= 11 is 0. The summed E-state index contributed by atoms with van der Waals surface area (Å²) in [6.07, 6.45) is 2.24. The molecule has 0 saturated heterocycles. The minimum Gasteiger partial charge on any atom is -0.380 e. The fourth-order valence-electron chi connectivity index (χ4n) is 0.869. The predicted molar refractivity (Wildman–Crippen MR) is 44.1 cm³/mol. The Hall–Kier alpha value is -0.830. The number of likely N-dealkylation sites (N-methyl/N-ethyl adjacent to an activating group) is 1. The highest BCUT2D eigenvalue weighted by molar-refractivity contribution is 5.84. The zero-order valence-corrected chi connectivity index (χ0v) is 7.05. The number of nitrogens with one attached hydrogen (secondary N) is 1. The van der Waals surface area contributed by atoms with Crippen LogP contribution in [-0.4, -0.2) is 23.7 Å². The van der Waals surface area contributed by atoms with Crippen LogP contribution in [-0.2, 0) is 4.79 Å². The summed E-state index contributed by atoms with van der Waals surface area (Å²) in [6.45, 7) is 5.23. The Kier molecular flexibility index (Phi) is 3.82. The van der Waals surface area contributed by atoms with Gasteiger partial charge in [-0.2, -0.15) is 0 Å². The first-order valence-electron chi connectivity index (χ1n) is 3.66. The Morgan fingerprint density at radius 2 is 2.36 bits per heavy atom. The van der Waals surface area contributed by atoms with E-state index in [4.69, 9.17) is 0 Å². The third-order valence-electron chi connectivity index (χ3n) is 1.72. The second kappa shape index (κ2) is 4.13. The number of amides is 1. The second-order valence-corrected chi connectivity index (χ2v) is 2.46. The van der Waals surface area contributed by atoms with E-state index in [0.717, 1.165) is 0 Å². The van der Waals surface area contributed by atoms with Crippen LogP contribution in [0.25, 0.3) is 0 Å². The van der Waals surface area contributed by atoms with Crippen LogP contribution in [0, 0.1) is 0 Å². The van der Waals surface area contributed by atoms with Gasteiger partial charge in [-0.05, 0) is 6.42 Å². The van der Waals surface area contributed by atoms with Gasteiger partial charge in [0.2, 0.25) is 0 Å². The Bertz CT molecular complexity index is 156. The van der Waals surface area contributed by atoms with E-state index < -0.39 is 5.60 Å². The molecule has 0 heterocycles. The minimum absolute atomic E-state index is 0.295. The third-order valence-corrected chi connectivity index (χ3v) is 1.72.